The molecule has 0 atom stereocenters. The highest BCUT2D eigenvalue weighted by Gasteiger charge is 2.21. The summed E-state index contributed by atoms with van der Waals surface area (Å²) in [5.74, 6) is 2.80. The van der Waals surface area contributed by atoms with Crippen molar-refractivity contribution < 1.29 is 28.5 Å². The molecule has 0 aliphatic rings. The molecule has 0 aliphatic heterocycles. The Balaban J connectivity index is 1.90. The minimum Gasteiger partial charge on any atom is -0.497 e. The first kappa shape index (κ1) is 23.7. The highest BCUT2D eigenvalue weighted by atomic mass is 32.1. The second-order valence-electron chi connectivity index (χ2n) is 7.07. The van der Waals surface area contributed by atoms with E-state index in [0.29, 0.717) is 28.6 Å². The van der Waals surface area contributed by atoms with E-state index in [-0.39, 0.29) is 12.6 Å². The van der Waals surface area contributed by atoms with E-state index in [1.54, 1.807) is 28.3 Å². The van der Waals surface area contributed by atoms with Crippen molar-refractivity contribution in [2.24, 2.45) is 0 Å². The Hall–Kier alpha value is -3.49. The molecule has 0 fully saturated rings. The third kappa shape index (κ3) is 4.88. The van der Waals surface area contributed by atoms with Gasteiger partial charge in [-0.1, -0.05) is 0 Å². The molecule has 0 unspecified atom stereocenters. The zero-order chi connectivity index (χ0) is 24.1. The van der Waals surface area contributed by atoms with Gasteiger partial charge in [-0.25, -0.2) is 4.79 Å². The van der Waals surface area contributed by atoms with Crippen LogP contribution in [0, 0.1) is 0 Å². The molecule has 0 radical (unpaired) electrons. The van der Waals surface area contributed by atoms with E-state index < -0.39 is 0 Å². The molecule has 6 nitrogen and oxygen atoms in total. The summed E-state index contributed by atoms with van der Waals surface area (Å²) in [5.41, 5.74) is 1.26. The summed E-state index contributed by atoms with van der Waals surface area (Å²) in [6, 6.07) is 13.0. The Kier molecular flexibility index (Phi) is 7.40. The Bertz CT molecular complexity index is 1300. The van der Waals surface area contributed by atoms with Crippen LogP contribution < -0.4 is 18.9 Å². The van der Waals surface area contributed by atoms with E-state index >= 15 is 0 Å². The molecule has 34 heavy (non-hydrogen) atoms. The lowest BCUT2D eigenvalue weighted by molar-refractivity contribution is -0.136. The van der Waals surface area contributed by atoms with Gasteiger partial charge >= 0.3 is 5.97 Å². The number of fused-ring (bicyclic) bond motifs is 1. The second-order valence-corrected chi connectivity index (χ2v) is 8.93. The Labute approximate surface area is 205 Å². The third-order valence-corrected chi connectivity index (χ3v) is 6.82. The molecular formula is C26H24O6S2. The zero-order valence-corrected chi connectivity index (χ0v) is 20.9. The Morgan fingerprint density at radius 3 is 2.26 bits per heavy atom. The number of carbonyl (C=O) groups excluding carboxylic acids is 1. The van der Waals surface area contributed by atoms with Crippen LogP contribution in [0.25, 0.3) is 21.7 Å². The van der Waals surface area contributed by atoms with Crippen LogP contribution in [0.2, 0.25) is 0 Å². The summed E-state index contributed by atoms with van der Waals surface area (Å²) in [6.07, 6.45) is 1.82. The fourth-order valence-electron chi connectivity index (χ4n) is 3.40. The fourth-order valence-corrected chi connectivity index (χ4v) is 5.14. The lowest BCUT2D eigenvalue weighted by atomic mass is 10.1. The number of methoxy groups -OCH3 is 3. The highest BCUT2D eigenvalue weighted by Crippen LogP contribution is 2.46. The van der Waals surface area contributed by atoms with Crippen molar-refractivity contribution in [3.8, 4) is 28.7 Å². The summed E-state index contributed by atoms with van der Waals surface area (Å²) < 4.78 is 28.9. The van der Waals surface area contributed by atoms with Gasteiger partial charge in [-0.05, 0) is 65.7 Å². The van der Waals surface area contributed by atoms with Crippen LogP contribution in [0.4, 0.5) is 0 Å². The summed E-state index contributed by atoms with van der Waals surface area (Å²) in [5, 5.41) is 4.70. The summed E-state index contributed by atoms with van der Waals surface area (Å²) in [7, 11) is 4.81. The quantitative estimate of drug-likeness (QED) is 0.186. The van der Waals surface area contributed by atoms with E-state index in [9.17, 15) is 4.79 Å². The average molecular weight is 497 g/mol. The number of thiophene rings is 2. The van der Waals surface area contributed by atoms with E-state index in [2.05, 4.69) is 0 Å². The maximum Gasteiger partial charge on any atom is 0.338 e. The van der Waals surface area contributed by atoms with Crippen LogP contribution in [0.3, 0.4) is 0 Å². The van der Waals surface area contributed by atoms with Crippen LogP contribution in [0.1, 0.15) is 17.4 Å². The van der Waals surface area contributed by atoms with Gasteiger partial charge in [-0.3, -0.25) is 0 Å². The van der Waals surface area contributed by atoms with Gasteiger partial charge in [0.25, 0.3) is 0 Å². The third-order valence-electron chi connectivity index (χ3n) is 5.06. The Morgan fingerprint density at radius 2 is 1.65 bits per heavy atom. The number of hydrogen-bond donors (Lipinski definition) is 0. The van der Waals surface area contributed by atoms with Gasteiger partial charge in [0, 0.05) is 16.2 Å². The maximum absolute atomic E-state index is 12.8. The molecule has 4 aromatic rings. The summed E-state index contributed by atoms with van der Waals surface area (Å²) >= 11 is 3.01. The zero-order valence-electron chi connectivity index (χ0n) is 19.2. The maximum atomic E-state index is 12.8. The smallest absolute Gasteiger partial charge is 0.338 e. The van der Waals surface area contributed by atoms with E-state index in [1.165, 1.54) is 22.7 Å². The van der Waals surface area contributed by atoms with Gasteiger partial charge < -0.3 is 23.7 Å². The number of ether oxygens (including phenoxy) is 5. The predicted octanol–water partition coefficient (Wildman–Crippen LogP) is 6.88. The first-order chi connectivity index (χ1) is 16.6. The highest BCUT2D eigenvalue weighted by molar-refractivity contribution is 7.20. The number of hydrogen-bond acceptors (Lipinski definition) is 8. The predicted molar refractivity (Wildman–Crippen MR) is 137 cm³/mol. The van der Waals surface area contributed by atoms with E-state index in [0.717, 1.165) is 26.3 Å². The fraction of sp³-hybridized carbons (Fsp3) is 0.192. The van der Waals surface area contributed by atoms with E-state index in [1.807, 2.05) is 59.3 Å². The molecule has 2 heterocycles. The van der Waals surface area contributed by atoms with Crippen molar-refractivity contribution in [2.75, 3.05) is 27.9 Å². The lowest BCUT2D eigenvalue weighted by Gasteiger charge is -2.10. The molecule has 0 spiro atoms. The number of esters is 1. The van der Waals surface area contributed by atoms with Crippen LogP contribution in [-0.2, 0) is 9.53 Å². The van der Waals surface area contributed by atoms with E-state index in [4.69, 9.17) is 23.7 Å². The molecule has 4 rings (SSSR count). The van der Waals surface area contributed by atoms with Gasteiger partial charge in [-0.15, -0.1) is 11.3 Å². The number of benzene rings is 2. The van der Waals surface area contributed by atoms with Crippen LogP contribution in [-0.4, -0.2) is 33.9 Å². The molecule has 0 N–H and O–H groups in total. The minimum atomic E-state index is -0.385. The summed E-state index contributed by atoms with van der Waals surface area (Å²) in [6.45, 7) is 2.08. The topological polar surface area (TPSA) is 63.2 Å². The molecule has 0 saturated heterocycles. The molecule has 0 saturated carbocycles. The van der Waals surface area contributed by atoms with Crippen molar-refractivity contribution >= 4 is 50.4 Å². The largest absolute Gasteiger partial charge is 0.497 e. The van der Waals surface area contributed by atoms with Crippen molar-refractivity contribution in [3.05, 3.63) is 63.7 Å². The molecule has 2 aromatic heterocycles. The summed E-state index contributed by atoms with van der Waals surface area (Å²) in [4.78, 5) is 13.6. The molecule has 0 bridgehead atoms. The van der Waals surface area contributed by atoms with Gasteiger partial charge in [0.05, 0.1) is 38.4 Å². The average Bonchev–Trinajstić information content (AvgIpc) is 3.50. The van der Waals surface area contributed by atoms with Crippen molar-refractivity contribution in [2.45, 2.75) is 6.92 Å². The van der Waals surface area contributed by atoms with Gasteiger partial charge in [0.2, 0.25) is 0 Å². The van der Waals surface area contributed by atoms with Gasteiger partial charge in [0.1, 0.15) is 11.5 Å². The second kappa shape index (κ2) is 10.6. The van der Waals surface area contributed by atoms with Crippen molar-refractivity contribution in [1.29, 1.82) is 0 Å². The molecule has 0 aliphatic carbocycles. The Morgan fingerprint density at radius 1 is 0.941 bits per heavy atom. The minimum absolute atomic E-state index is 0.288. The standard InChI is InChI=1S/C26H24O6S2/c1-5-31-26(27)19(16-10-11-33-15-16)13-24-25(32-18-8-6-17(28-2)7-9-18)20-12-21(29-3)22(30-4)14-23(20)34-24/h6-15H,5H2,1-4H3/b19-13+. The molecule has 2 aromatic carbocycles. The number of rotatable bonds is 9. The molecule has 176 valence electrons. The monoisotopic (exact) mass is 496 g/mol. The van der Waals surface area contributed by atoms with Crippen LogP contribution >= 0.6 is 22.7 Å². The molecular weight excluding hydrogens is 472 g/mol. The van der Waals surface area contributed by atoms with Crippen LogP contribution in [0.5, 0.6) is 28.7 Å². The first-order valence-corrected chi connectivity index (χ1v) is 12.3. The van der Waals surface area contributed by atoms with Gasteiger partial charge in [-0.2, -0.15) is 11.3 Å². The first-order valence-electron chi connectivity index (χ1n) is 10.5. The normalized spacial score (nSPS) is 11.4. The number of carbonyl (C=O) groups is 1. The SMILES string of the molecule is CCOC(=O)/C(=C/c1sc2cc(OC)c(OC)cc2c1Oc1ccc(OC)cc1)c1ccsc1. The van der Waals surface area contributed by atoms with Crippen molar-refractivity contribution in [3.63, 3.8) is 0 Å². The van der Waals surface area contributed by atoms with Gasteiger partial charge in [0.15, 0.2) is 17.2 Å². The lowest BCUT2D eigenvalue weighted by Crippen LogP contribution is -2.06. The molecule has 8 heteroatoms. The molecule has 0 amide bonds. The van der Waals surface area contributed by atoms with Crippen LogP contribution in [0.15, 0.2) is 53.2 Å². The van der Waals surface area contributed by atoms with Crippen molar-refractivity contribution in [1.82, 2.24) is 0 Å².